The number of aromatic nitrogens is 3. The number of piperazine rings is 1. The maximum absolute atomic E-state index is 12.5. The monoisotopic (exact) mass is 346 g/mol. The highest BCUT2D eigenvalue weighted by atomic mass is 32.1. The topological polar surface area (TPSA) is 57.5 Å². The number of anilines is 1. The van der Waals surface area contributed by atoms with Gasteiger partial charge in [-0.2, -0.15) is 5.10 Å². The van der Waals surface area contributed by atoms with Gasteiger partial charge in [-0.15, -0.1) is 11.3 Å². The van der Waals surface area contributed by atoms with Gasteiger partial charge < -0.3 is 4.90 Å². The third-order valence-corrected chi connectivity index (χ3v) is 5.96. The Balaban J connectivity index is 1.52. The minimum atomic E-state index is 0.0149. The van der Waals surface area contributed by atoms with Crippen LogP contribution < -0.4 is 4.90 Å². The molecule has 2 fully saturated rings. The molecule has 2 aliphatic heterocycles. The Morgan fingerprint density at radius 3 is 2.92 bits per heavy atom. The number of likely N-dealkylation sites (N-methyl/N-ethyl adjacent to an activating group) is 1. The van der Waals surface area contributed by atoms with Crippen molar-refractivity contribution >= 4 is 22.9 Å². The largest absolute Gasteiger partial charge is 0.306 e. The van der Waals surface area contributed by atoms with Crippen LogP contribution in [-0.4, -0.2) is 69.2 Å². The lowest BCUT2D eigenvalue weighted by atomic mass is 9.93. The quantitative estimate of drug-likeness (QED) is 0.823. The van der Waals surface area contributed by atoms with Crippen LogP contribution in [0.4, 0.5) is 5.69 Å². The molecule has 0 bridgehead atoms. The van der Waals surface area contributed by atoms with Crippen molar-refractivity contribution in [3.8, 4) is 0 Å². The van der Waals surface area contributed by atoms with Crippen LogP contribution in [0.25, 0.3) is 0 Å². The number of carbonyl (C=O) groups excluding carboxylic acids is 1. The van der Waals surface area contributed by atoms with Gasteiger partial charge in [0, 0.05) is 44.5 Å². The number of carbonyl (C=O) groups is 1. The number of hydrogen-bond acceptors (Lipinski definition) is 6. The van der Waals surface area contributed by atoms with Crippen LogP contribution in [0.1, 0.15) is 11.4 Å². The van der Waals surface area contributed by atoms with Crippen LogP contribution in [0.3, 0.4) is 0 Å². The van der Waals surface area contributed by atoms with Crippen molar-refractivity contribution in [2.24, 2.45) is 7.05 Å². The highest BCUT2D eigenvalue weighted by Crippen LogP contribution is 2.33. The van der Waals surface area contributed by atoms with Gasteiger partial charge in [0.25, 0.3) is 0 Å². The molecule has 8 heteroatoms. The van der Waals surface area contributed by atoms with E-state index in [1.807, 2.05) is 29.7 Å². The maximum atomic E-state index is 12.5. The number of rotatable bonds is 3. The molecule has 24 heavy (non-hydrogen) atoms. The van der Waals surface area contributed by atoms with Crippen molar-refractivity contribution in [2.45, 2.75) is 18.5 Å². The first-order valence-corrected chi connectivity index (χ1v) is 9.05. The van der Waals surface area contributed by atoms with Gasteiger partial charge in [0.1, 0.15) is 5.01 Å². The predicted octanol–water partition coefficient (Wildman–Crippen LogP) is 0.800. The van der Waals surface area contributed by atoms with Crippen LogP contribution in [0.5, 0.6) is 0 Å². The Bertz CT molecular complexity index is 729. The molecule has 0 aliphatic carbocycles. The van der Waals surface area contributed by atoms with Crippen LogP contribution >= 0.6 is 11.3 Å². The van der Waals surface area contributed by atoms with Gasteiger partial charge in [0.05, 0.1) is 30.5 Å². The van der Waals surface area contributed by atoms with Gasteiger partial charge >= 0.3 is 0 Å². The van der Waals surface area contributed by atoms with E-state index in [4.69, 9.17) is 0 Å². The van der Waals surface area contributed by atoms with E-state index < -0.39 is 0 Å². The molecule has 4 rings (SSSR count). The second-order valence-corrected chi connectivity index (χ2v) is 7.80. The Hall–Kier alpha value is -1.77. The van der Waals surface area contributed by atoms with Crippen molar-refractivity contribution in [1.29, 1.82) is 0 Å². The summed E-state index contributed by atoms with van der Waals surface area (Å²) in [5.41, 5.74) is 0.912. The molecule has 2 aromatic heterocycles. The van der Waals surface area contributed by atoms with Crippen molar-refractivity contribution < 1.29 is 4.79 Å². The predicted molar refractivity (Wildman–Crippen MR) is 92.9 cm³/mol. The Morgan fingerprint density at radius 1 is 1.33 bits per heavy atom. The fraction of sp³-hybridized carbons (Fsp3) is 0.562. The molecule has 2 aliphatic rings. The molecule has 128 valence electrons. The lowest BCUT2D eigenvalue weighted by molar-refractivity contribution is -0.123. The minimum absolute atomic E-state index is 0.0149. The Morgan fingerprint density at radius 2 is 2.21 bits per heavy atom. The third kappa shape index (κ3) is 2.74. The fourth-order valence-electron chi connectivity index (χ4n) is 3.78. The molecule has 4 heterocycles. The number of likely N-dealkylation sites (tertiary alicyclic amines) is 1. The molecule has 0 unspecified atom stereocenters. The van der Waals surface area contributed by atoms with Crippen LogP contribution in [-0.2, 0) is 18.4 Å². The molecule has 0 radical (unpaired) electrons. The highest BCUT2D eigenvalue weighted by Gasteiger charge is 2.47. The molecule has 7 nitrogen and oxygen atoms in total. The normalized spacial score (nSPS) is 25.9. The van der Waals surface area contributed by atoms with Crippen LogP contribution in [0.2, 0.25) is 0 Å². The summed E-state index contributed by atoms with van der Waals surface area (Å²) in [5, 5.41) is 7.40. The highest BCUT2D eigenvalue weighted by molar-refractivity contribution is 7.09. The first-order valence-electron chi connectivity index (χ1n) is 8.17. The number of thiazole rings is 1. The molecular formula is C16H22N6OS. The second kappa shape index (κ2) is 5.94. The summed E-state index contributed by atoms with van der Waals surface area (Å²) >= 11 is 1.70. The third-order valence-electron chi connectivity index (χ3n) is 5.19. The van der Waals surface area contributed by atoms with E-state index in [1.165, 1.54) is 0 Å². The zero-order chi connectivity index (χ0) is 16.7. The lowest BCUT2D eigenvalue weighted by Crippen LogP contribution is -2.64. The van der Waals surface area contributed by atoms with Crippen molar-refractivity contribution in [2.75, 3.05) is 38.1 Å². The van der Waals surface area contributed by atoms with Crippen LogP contribution in [0, 0.1) is 0 Å². The molecule has 1 atom stereocenters. The molecule has 1 amide bonds. The van der Waals surface area contributed by atoms with E-state index in [2.05, 4.69) is 26.9 Å². The first kappa shape index (κ1) is 15.7. The summed E-state index contributed by atoms with van der Waals surface area (Å²) in [6.07, 6.45) is 6.62. The van der Waals surface area contributed by atoms with Gasteiger partial charge in [-0.25, -0.2) is 4.98 Å². The van der Waals surface area contributed by atoms with E-state index in [0.717, 1.165) is 43.3 Å². The molecular weight excluding hydrogens is 324 g/mol. The SMILES string of the molecule is CN1CC(=O)N(c2cnn(C)c2)C[C@@]12CCN(Cc1nccs1)C2. The second-order valence-electron chi connectivity index (χ2n) is 6.82. The van der Waals surface area contributed by atoms with E-state index in [0.29, 0.717) is 6.54 Å². The van der Waals surface area contributed by atoms with E-state index in [-0.39, 0.29) is 11.4 Å². The summed E-state index contributed by atoms with van der Waals surface area (Å²) < 4.78 is 1.75. The zero-order valence-corrected chi connectivity index (χ0v) is 14.9. The zero-order valence-electron chi connectivity index (χ0n) is 14.1. The summed E-state index contributed by atoms with van der Waals surface area (Å²) in [5.74, 6) is 0.148. The van der Waals surface area contributed by atoms with Crippen molar-refractivity contribution in [3.05, 3.63) is 29.0 Å². The van der Waals surface area contributed by atoms with Gasteiger partial charge in [-0.05, 0) is 13.5 Å². The molecule has 0 aromatic carbocycles. The molecule has 0 N–H and O–H groups in total. The van der Waals surface area contributed by atoms with Gasteiger partial charge in [0.2, 0.25) is 5.91 Å². The van der Waals surface area contributed by atoms with Gasteiger partial charge in [0.15, 0.2) is 0 Å². The summed E-state index contributed by atoms with van der Waals surface area (Å²) in [7, 11) is 3.95. The van der Waals surface area contributed by atoms with Crippen molar-refractivity contribution in [1.82, 2.24) is 24.6 Å². The van der Waals surface area contributed by atoms with Gasteiger partial charge in [-0.3, -0.25) is 19.3 Å². The first-order chi connectivity index (χ1) is 11.6. The molecule has 1 spiro atoms. The fourth-order valence-corrected chi connectivity index (χ4v) is 4.44. The number of nitrogens with zero attached hydrogens (tertiary/aromatic N) is 6. The van der Waals surface area contributed by atoms with Crippen molar-refractivity contribution in [3.63, 3.8) is 0 Å². The molecule has 0 saturated carbocycles. The van der Waals surface area contributed by atoms with E-state index in [9.17, 15) is 4.79 Å². The standard InChI is InChI=1S/C16H22N6OS/c1-19-10-15(23)22(13-7-18-20(2)8-13)12-16(19)3-5-21(11-16)9-14-17-4-6-24-14/h4,6-8H,3,5,9-12H2,1-2H3/t16-/m0/s1. The lowest BCUT2D eigenvalue weighted by Gasteiger charge is -2.46. The summed E-state index contributed by atoms with van der Waals surface area (Å²) in [6, 6.07) is 0. The van der Waals surface area contributed by atoms with Crippen LogP contribution in [0.15, 0.2) is 24.0 Å². The smallest absolute Gasteiger partial charge is 0.241 e. The van der Waals surface area contributed by atoms with Gasteiger partial charge in [-0.1, -0.05) is 0 Å². The summed E-state index contributed by atoms with van der Waals surface area (Å²) in [6.45, 7) is 4.09. The van der Waals surface area contributed by atoms with E-state index in [1.54, 1.807) is 22.2 Å². The molecule has 2 saturated heterocycles. The average molecular weight is 346 g/mol. The number of aryl methyl sites for hydroxylation is 1. The molecule has 2 aromatic rings. The minimum Gasteiger partial charge on any atom is -0.306 e. The van der Waals surface area contributed by atoms with E-state index >= 15 is 0 Å². The Kier molecular flexibility index (Phi) is 3.90. The number of hydrogen-bond donors (Lipinski definition) is 0. The Labute approximate surface area is 145 Å². The number of amides is 1. The average Bonchev–Trinajstić information content (AvgIpc) is 3.26. The maximum Gasteiger partial charge on any atom is 0.241 e. The summed E-state index contributed by atoms with van der Waals surface area (Å²) in [4.78, 5) is 23.5.